The lowest BCUT2D eigenvalue weighted by atomic mass is 10.0. The monoisotopic (exact) mass is 222 g/mol. The van der Waals surface area contributed by atoms with Gasteiger partial charge in [0, 0.05) is 35.7 Å². The summed E-state index contributed by atoms with van der Waals surface area (Å²) in [7, 11) is 0. The molecule has 0 aliphatic rings. The van der Waals surface area contributed by atoms with Crippen LogP contribution in [0.4, 0.5) is 5.82 Å². The van der Waals surface area contributed by atoms with Gasteiger partial charge in [0.15, 0.2) is 0 Å². The average molecular weight is 222 g/mol. The van der Waals surface area contributed by atoms with Crippen molar-refractivity contribution in [2.45, 2.75) is 0 Å². The highest BCUT2D eigenvalue weighted by molar-refractivity contribution is 5.96. The molecule has 2 N–H and O–H groups in total. The van der Waals surface area contributed by atoms with Gasteiger partial charge in [0.1, 0.15) is 11.5 Å². The summed E-state index contributed by atoms with van der Waals surface area (Å²) in [5.41, 5.74) is 7.51. The zero-order valence-electron chi connectivity index (χ0n) is 9.04. The van der Waals surface area contributed by atoms with Gasteiger partial charge in [0.05, 0.1) is 0 Å². The normalized spacial score (nSPS) is 10.6. The van der Waals surface area contributed by atoms with E-state index >= 15 is 0 Å². The molecule has 0 unspecified atom stereocenters. The SMILES string of the molecule is Nc1nccnc1-c1cccc2ccncc12. The first-order valence-corrected chi connectivity index (χ1v) is 5.26. The van der Waals surface area contributed by atoms with Gasteiger partial charge in [-0.05, 0) is 11.5 Å². The number of pyridine rings is 1. The lowest BCUT2D eigenvalue weighted by Crippen LogP contribution is -1.96. The van der Waals surface area contributed by atoms with Crippen LogP contribution >= 0.6 is 0 Å². The smallest absolute Gasteiger partial charge is 0.150 e. The minimum absolute atomic E-state index is 0.434. The Bertz CT molecular complexity index is 674. The van der Waals surface area contributed by atoms with E-state index in [9.17, 15) is 0 Å². The third kappa shape index (κ3) is 1.59. The van der Waals surface area contributed by atoms with Crippen LogP contribution in [0.15, 0.2) is 49.1 Å². The Morgan fingerprint density at radius 1 is 0.941 bits per heavy atom. The molecule has 2 heterocycles. The van der Waals surface area contributed by atoms with Crippen LogP contribution in [-0.4, -0.2) is 15.0 Å². The highest BCUT2D eigenvalue weighted by atomic mass is 14.9. The van der Waals surface area contributed by atoms with Crippen molar-refractivity contribution < 1.29 is 0 Å². The molecule has 0 amide bonds. The number of nitrogen functional groups attached to an aromatic ring is 1. The second-order valence-electron chi connectivity index (χ2n) is 3.69. The van der Waals surface area contributed by atoms with E-state index in [0.717, 1.165) is 16.3 Å². The number of fused-ring (bicyclic) bond motifs is 1. The van der Waals surface area contributed by atoms with E-state index in [-0.39, 0.29) is 0 Å². The predicted molar refractivity (Wildman–Crippen MR) is 67.2 cm³/mol. The molecule has 4 heteroatoms. The molecule has 0 fully saturated rings. The Labute approximate surface area is 98.2 Å². The fourth-order valence-corrected chi connectivity index (χ4v) is 1.88. The standard InChI is InChI=1S/C13H10N4/c14-13-12(16-6-7-17-13)10-3-1-2-9-4-5-15-8-11(9)10/h1-8H,(H2,14,17). The second-order valence-corrected chi connectivity index (χ2v) is 3.69. The Hall–Kier alpha value is -2.49. The van der Waals surface area contributed by atoms with Gasteiger partial charge < -0.3 is 5.73 Å². The molecule has 0 aliphatic carbocycles. The number of rotatable bonds is 1. The quantitative estimate of drug-likeness (QED) is 0.686. The third-order valence-electron chi connectivity index (χ3n) is 2.67. The Morgan fingerprint density at radius 2 is 1.82 bits per heavy atom. The van der Waals surface area contributed by atoms with Crippen LogP contribution in [0.1, 0.15) is 0 Å². The second kappa shape index (κ2) is 3.83. The summed E-state index contributed by atoms with van der Waals surface area (Å²) < 4.78 is 0. The first-order valence-electron chi connectivity index (χ1n) is 5.26. The maximum absolute atomic E-state index is 5.85. The molecule has 0 saturated carbocycles. The summed E-state index contributed by atoms with van der Waals surface area (Å²) in [5, 5.41) is 2.14. The fourth-order valence-electron chi connectivity index (χ4n) is 1.88. The summed E-state index contributed by atoms with van der Waals surface area (Å²) in [6.07, 6.45) is 6.81. The van der Waals surface area contributed by atoms with Crippen molar-refractivity contribution in [3.05, 3.63) is 49.1 Å². The van der Waals surface area contributed by atoms with Crippen molar-refractivity contribution in [2.24, 2.45) is 0 Å². The Balaban J connectivity index is 2.35. The van der Waals surface area contributed by atoms with Gasteiger partial charge >= 0.3 is 0 Å². The van der Waals surface area contributed by atoms with Gasteiger partial charge in [-0.3, -0.25) is 9.97 Å². The number of nitrogens with zero attached hydrogens (tertiary/aromatic N) is 3. The van der Waals surface area contributed by atoms with Crippen molar-refractivity contribution in [3.8, 4) is 11.3 Å². The lowest BCUT2D eigenvalue weighted by Gasteiger charge is -2.06. The minimum atomic E-state index is 0.434. The topological polar surface area (TPSA) is 64.7 Å². The first-order chi connectivity index (χ1) is 8.36. The van der Waals surface area contributed by atoms with Gasteiger partial charge in [-0.25, -0.2) is 4.98 Å². The van der Waals surface area contributed by atoms with E-state index in [2.05, 4.69) is 15.0 Å². The Morgan fingerprint density at radius 3 is 2.71 bits per heavy atom. The number of aromatic nitrogens is 3. The zero-order valence-corrected chi connectivity index (χ0v) is 9.04. The summed E-state index contributed by atoms with van der Waals surface area (Å²) in [6, 6.07) is 7.95. The van der Waals surface area contributed by atoms with Gasteiger partial charge in [-0.15, -0.1) is 0 Å². The molecule has 2 aromatic heterocycles. The maximum Gasteiger partial charge on any atom is 0.150 e. The Kier molecular flexibility index (Phi) is 2.19. The van der Waals surface area contributed by atoms with Crippen LogP contribution in [0.3, 0.4) is 0 Å². The van der Waals surface area contributed by atoms with Gasteiger partial charge in [0.2, 0.25) is 0 Å². The number of benzene rings is 1. The highest BCUT2D eigenvalue weighted by Gasteiger charge is 2.08. The van der Waals surface area contributed by atoms with Crippen LogP contribution in [0.25, 0.3) is 22.0 Å². The van der Waals surface area contributed by atoms with E-state index in [1.54, 1.807) is 18.6 Å². The predicted octanol–water partition coefficient (Wildman–Crippen LogP) is 2.27. The van der Waals surface area contributed by atoms with Crippen LogP contribution in [0.2, 0.25) is 0 Å². The molecule has 0 radical (unpaired) electrons. The van der Waals surface area contributed by atoms with E-state index in [0.29, 0.717) is 11.5 Å². The molecule has 3 rings (SSSR count). The minimum Gasteiger partial charge on any atom is -0.382 e. The van der Waals surface area contributed by atoms with Crippen LogP contribution in [0, 0.1) is 0 Å². The van der Waals surface area contributed by atoms with Crippen molar-refractivity contribution in [1.82, 2.24) is 15.0 Å². The van der Waals surface area contributed by atoms with E-state index in [1.807, 2.05) is 30.5 Å². The highest BCUT2D eigenvalue weighted by Crippen LogP contribution is 2.28. The summed E-state index contributed by atoms with van der Waals surface area (Å²) in [6.45, 7) is 0. The maximum atomic E-state index is 5.85. The number of nitrogens with two attached hydrogens (primary N) is 1. The first kappa shape index (κ1) is 9.72. The molecule has 4 nitrogen and oxygen atoms in total. The van der Waals surface area contributed by atoms with Crippen molar-refractivity contribution in [2.75, 3.05) is 5.73 Å². The lowest BCUT2D eigenvalue weighted by molar-refractivity contribution is 1.22. The van der Waals surface area contributed by atoms with Crippen molar-refractivity contribution >= 4 is 16.6 Å². The summed E-state index contributed by atoms with van der Waals surface area (Å²) >= 11 is 0. The summed E-state index contributed by atoms with van der Waals surface area (Å²) in [5.74, 6) is 0.434. The molecular weight excluding hydrogens is 212 g/mol. The molecular formula is C13H10N4. The number of anilines is 1. The van der Waals surface area contributed by atoms with Gasteiger partial charge in [-0.1, -0.05) is 18.2 Å². The van der Waals surface area contributed by atoms with Crippen LogP contribution < -0.4 is 5.73 Å². The average Bonchev–Trinajstić information content (AvgIpc) is 2.39. The molecule has 3 aromatic rings. The molecule has 17 heavy (non-hydrogen) atoms. The van der Waals surface area contributed by atoms with Crippen molar-refractivity contribution in [1.29, 1.82) is 0 Å². The van der Waals surface area contributed by atoms with Gasteiger partial charge in [-0.2, -0.15) is 0 Å². The molecule has 1 aromatic carbocycles. The van der Waals surface area contributed by atoms with E-state index < -0.39 is 0 Å². The van der Waals surface area contributed by atoms with Crippen LogP contribution in [-0.2, 0) is 0 Å². The molecule has 0 saturated heterocycles. The van der Waals surface area contributed by atoms with E-state index in [1.165, 1.54) is 0 Å². The molecule has 0 aliphatic heterocycles. The van der Waals surface area contributed by atoms with Crippen LogP contribution in [0.5, 0.6) is 0 Å². The molecule has 82 valence electrons. The summed E-state index contributed by atoms with van der Waals surface area (Å²) in [4.78, 5) is 12.5. The largest absolute Gasteiger partial charge is 0.382 e. The molecule has 0 bridgehead atoms. The number of hydrogen-bond acceptors (Lipinski definition) is 4. The van der Waals surface area contributed by atoms with E-state index in [4.69, 9.17) is 5.73 Å². The van der Waals surface area contributed by atoms with Gasteiger partial charge in [0.25, 0.3) is 0 Å². The van der Waals surface area contributed by atoms with Crippen molar-refractivity contribution in [3.63, 3.8) is 0 Å². The number of hydrogen-bond donors (Lipinski definition) is 1. The molecule has 0 atom stereocenters. The fraction of sp³-hybridized carbons (Fsp3) is 0. The zero-order chi connectivity index (χ0) is 11.7. The third-order valence-corrected chi connectivity index (χ3v) is 2.67. The molecule has 0 spiro atoms.